The van der Waals surface area contributed by atoms with Gasteiger partial charge < -0.3 is 66.8 Å². The summed E-state index contributed by atoms with van der Waals surface area (Å²) in [5.41, 5.74) is 21.9. The molecule has 9 heterocycles. The first-order chi connectivity index (χ1) is 60.7. The minimum Gasteiger partial charge on any atom is -0.497 e. The van der Waals surface area contributed by atoms with Gasteiger partial charge in [-0.25, -0.2) is 19.9 Å². The summed E-state index contributed by atoms with van der Waals surface area (Å²) in [4.78, 5) is 46.2. The standard InChI is InChI=1S/C25H24N6O3.C24H27N5O3.C24H27N5O2.C21H21N5O2/c1-16-7-22(34-29-16)15-31(19-8-20(32-3)11-21(9-19)33-4)18-5-6-23-24(10-18)28-25(13-26-23)17-12-27-30(2)14-17;1-5-32-9-8-29(19-10-20(30-3)13-21(11-19)31-4)18-6-7-22-23(12-18)27-24(15-25-22)17-14-26-28(2)16-17;1-16(2)14-29(19-8-20(30-4)11-21(9-19)31-5)18-6-7-22-23(10-18)27-24(13-25-22)17-12-26-28(3)15-17;1-25-13-14(11-23-25)21-12-22-19-6-5-15(9-20(19)24-21)26(2)16-7-17(27-3)10-18(8-16)28-4/h5-14H,15H2,1-4H3;6-7,10-16H,5,8-9H2,1-4H3;6-13,15-16H,14H2,1-5H3;5-13H,1-4H3. The molecule has 0 radical (unpaired) electrons. The van der Waals surface area contributed by atoms with Crippen LogP contribution in [0.25, 0.3) is 89.2 Å². The Morgan fingerprint density at radius 3 is 0.952 bits per heavy atom. The van der Waals surface area contributed by atoms with E-state index in [-0.39, 0.29) is 0 Å². The highest BCUT2D eigenvalue weighted by Crippen LogP contribution is 2.41. The highest BCUT2D eigenvalue weighted by atomic mass is 16.5. The summed E-state index contributed by atoms with van der Waals surface area (Å²) in [7, 11) is 22.7. The number of anilines is 8. The molecule has 8 aromatic carbocycles. The minimum absolute atomic E-state index is 0.445. The normalized spacial score (nSPS) is 11.0. The van der Waals surface area contributed by atoms with Crippen molar-refractivity contribution < 1.29 is 47.2 Å². The predicted molar refractivity (Wildman–Crippen MR) is 486 cm³/mol. The van der Waals surface area contributed by atoms with Gasteiger partial charge in [0.15, 0.2) is 5.76 Å². The molecule has 0 aliphatic carbocycles. The molecule has 0 saturated carbocycles. The lowest BCUT2D eigenvalue weighted by molar-refractivity contribution is 0.155. The van der Waals surface area contributed by atoms with Gasteiger partial charge in [0.1, 0.15) is 46.0 Å². The van der Waals surface area contributed by atoms with E-state index in [1.54, 1.807) is 125 Å². The van der Waals surface area contributed by atoms with E-state index in [1.807, 2.05) is 213 Å². The van der Waals surface area contributed by atoms with Crippen molar-refractivity contribution in [2.24, 2.45) is 34.1 Å². The monoisotopic (exact) mass is 1680 g/mol. The third-order valence-electron chi connectivity index (χ3n) is 20.3. The molecule has 0 bridgehead atoms. The second kappa shape index (κ2) is 39.5. The molecule has 0 fully saturated rings. The van der Waals surface area contributed by atoms with E-state index >= 15 is 0 Å². The fraction of sp³-hybridized carbons (Fsp3) is 0.245. The molecule has 0 saturated heterocycles. The molecular weight excluding hydrogens is 1580 g/mol. The molecule has 31 nitrogen and oxygen atoms in total. The second-order valence-electron chi connectivity index (χ2n) is 29.5. The van der Waals surface area contributed by atoms with Gasteiger partial charge in [-0.3, -0.25) is 38.7 Å². The molecular formula is C94H99N21O10. The Balaban J connectivity index is 0.000000136. The molecule has 9 aromatic heterocycles. The van der Waals surface area contributed by atoms with Crippen molar-refractivity contribution in [2.45, 2.75) is 34.2 Å². The Labute approximate surface area is 723 Å². The second-order valence-corrected chi connectivity index (χ2v) is 29.5. The molecule has 0 unspecified atom stereocenters. The zero-order valence-electron chi connectivity index (χ0n) is 72.9. The highest BCUT2D eigenvalue weighted by molar-refractivity contribution is 5.87. The zero-order chi connectivity index (χ0) is 87.8. The quantitative estimate of drug-likeness (QED) is 0.0411. The number of methoxy groups -OCH3 is 8. The van der Waals surface area contributed by atoms with E-state index in [0.29, 0.717) is 43.7 Å². The number of hydrogen-bond donors (Lipinski definition) is 0. The van der Waals surface area contributed by atoms with Crippen LogP contribution in [0.15, 0.2) is 231 Å². The molecule has 640 valence electrons. The average Bonchev–Trinajstić information content (AvgIpc) is 1.66. The van der Waals surface area contributed by atoms with Gasteiger partial charge in [-0.05, 0) is 92.6 Å². The number of fused-ring (bicyclic) bond motifs is 4. The molecule has 31 heteroatoms. The molecule has 0 aliphatic heterocycles. The van der Waals surface area contributed by atoms with E-state index in [2.05, 4.69) is 91.1 Å². The van der Waals surface area contributed by atoms with Crippen LogP contribution in [-0.4, -0.2) is 174 Å². The summed E-state index contributed by atoms with van der Waals surface area (Å²) < 4.78 is 61.9. The Morgan fingerprint density at radius 2 is 0.648 bits per heavy atom. The Hall–Kier alpha value is -15.3. The summed E-state index contributed by atoms with van der Waals surface area (Å²) >= 11 is 0. The van der Waals surface area contributed by atoms with Crippen LogP contribution in [0.5, 0.6) is 46.0 Å². The van der Waals surface area contributed by atoms with Crippen molar-refractivity contribution >= 4 is 89.6 Å². The Kier molecular flexibility index (Phi) is 27.2. The van der Waals surface area contributed by atoms with E-state index < -0.39 is 0 Å². The minimum atomic E-state index is 0.445. The highest BCUT2D eigenvalue weighted by Gasteiger charge is 2.22. The Bertz CT molecular complexity index is 6470. The van der Waals surface area contributed by atoms with Crippen LogP contribution >= 0.6 is 0 Å². The summed E-state index contributed by atoms with van der Waals surface area (Å²) in [5.74, 6) is 6.97. The van der Waals surface area contributed by atoms with Crippen LogP contribution in [0.2, 0.25) is 0 Å². The number of benzene rings is 8. The first-order valence-corrected chi connectivity index (χ1v) is 40.2. The van der Waals surface area contributed by atoms with Crippen molar-refractivity contribution in [2.75, 3.05) is 110 Å². The van der Waals surface area contributed by atoms with E-state index in [4.69, 9.17) is 67.1 Å². The molecule has 17 rings (SSSR count). The maximum Gasteiger partial charge on any atom is 0.156 e. The molecule has 17 aromatic rings. The number of nitrogens with zero attached hydrogens (tertiary/aromatic N) is 21. The van der Waals surface area contributed by atoms with Crippen LogP contribution in [0.3, 0.4) is 0 Å². The van der Waals surface area contributed by atoms with Crippen molar-refractivity contribution in [3.05, 3.63) is 237 Å². The predicted octanol–water partition coefficient (Wildman–Crippen LogP) is 17.6. The molecule has 125 heavy (non-hydrogen) atoms. The first-order valence-electron chi connectivity index (χ1n) is 40.2. The van der Waals surface area contributed by atoms with Gasteiger partial charge >= 0.3 is 0 Å². The first kappa shape index (κ1) is 86.1. The summed E-state index contributed by atoms with van der Waals surface area (Å²) in [6.45, 7) is 11.5. The topological polar surface area (TPSA) is 296 Å². The molecule has 0 N–H and O–H groups in total. The lowest BCUT2D eigenvalue weighted by Gasteiger charge is -2.28. The van der Waals surface area contributed by atoms with Crippen molar-refractivity contribution in [3.63, 3.8) is 0 Å². The lowest BCUT2D eigenvalue weighted by atomic mass is 10.1. The van der Waals surface area contributed by atoms with Gasteiger partial charge in [0.2, 0.25) is 0 Å². The van der Waals surface area contributed by atoms with Gasteiger partial charge in [-0.15, -0.1) is 0 Å². The summed E-state index contributed by atoms with van der Waals surface area (Å²) in [6.07, 6.45) is 22.0. The third-order valence-corrected chi connectivity index (χ3v) is 20.3. The van der Waals surface area contributed by atoms with Crippen LogP contribution in [0.1, 0.15) is 32.2 Å². The largest absolute Gasteiger partial charge is 0.497 e. The van der Waals surface area contributed by atoms with Crippen molar-refractivity contribution in [3.8, 4) is 91.0 Å². The molecule has 0 spiro atoms. The molecule has 0 amide bonds. The summed E-state index contributed by atoms with van der Waals surface area (Å²) in [6, 6.07) is 49.4. The van der Waals surface area contributed by atoms with Gasteiger partial charge in [-0.2, -0.15) is 20.4 Å². The van der Waals surface area contributed by atoms with E-state index in [1.165, 1.54) is 0 Å². The zero-order valence-corrected chi connectivity index (χ0v) is 72.9. The fourth-order valence-corrected chi connectivity index (χ4v) is 13.9. The number of aryl methyl sites for hydroxylation is 5. The van der Waals surface area contributed by atoms with Gasteiger partial charge in [0.25, 0.3) is 0 Å². The number of aromatic nitrogens is 17. The van der Waals surface area contributed by atoms with Gasteiger partial charge in [-0.1, -0.05) is 19.0 Å². The van der Waals surface area contributed by atoms with Gasteiger partial charge in [0.05, 0.1) is 192 Å². The molecule has 0 atom stereocenters. The molecule has 0 aliphatic rings. The maximum atomic E-state index is 5.65. The van der Waals surface area contributed by atoms with Crippen LogP contribution in [0, 0.1) is 12.8 Å². The smallest absolute Gasteiger partial charge is 0.156 e. The number of hydrogen-bond acceptors (Lipinski definition) is 27. The van der Waals surface area contributed by atoms with Crippen LogP contribution < -0.4 is 57.5 Å². The van der Waals surface area contributed by atoms with Gasteiger partial charge in [0, 0.05) is 226 Å². The number of ether oxygens (including phenoxy) is 9. The van der Waals surface area contributed by atoms with E-state index in [0.717, 1.165) is 187 Å². The number of rotatable bonds is 28. The SMILES string of the molecule is CCOCCN(c1cc(OC)cc(OC)c1)c1ccc2ncc(-c3cnn(C)c3)nc2c1.COc1cc(OC)cc(N(C)c2ccc3ncc(-c4cnn(C)c4)nc3c2)c1.COc1cc(OC)cc(N(CC(C)C)c2ccc3ncc(-c4cnn(C)c4)nc3c2)c1.COc1cc(OC)cc(N(Cc2cc(C)no2)c2ccc3ncc(-c4cnn(C)c4)nc3c2)c1. The third kappa shape index (κ3) is 21.0. The lowest BCUT2D eigenvalue weighted by Crippen LogP contribution is -2.22. The van der Waals surface area contributed by atoms with Crippen molar-refractivity contribution in [1.29, 1.82) is 0 Å². The van der Waals surface area contributed by atoms with E-state index in [9.17, 15) is 0 Å². The van der Waals surface area contributed by atoms with Crippen LogP contribution in [-0.2, 0) is 39.5 Å². The van der Waals surface area contributed by atoms with Crippen molar-refractivity contribution in [1.82, 2.24) is 84.2 Å². The summed E-state index contributed by atoms with van der Waals surface area (Å²) in [5, 5.41) is 21.0. The fourth-order valence-electron chi connectivity index (χ4n) is 13.9. The average molecular weight is 1680 g/mol. The Morgan fingerprint density at radius 1 is 0.344 bits per heavy atom. The van der Waals surface area contributed by atoms with Crippen LogP contribution in [0.4, 0.5) is 45.5 Å². The maximum absolute atomic E-state index is 5.65.